The highest BCUT2D eigenvalue weighted by Gasteiger charge is 2.35. The van der Waals surface area contributed by atoms with Gasteiger partial charge in [0.1, 0.15) is 24.4 Å². The maximum absolute atomic E-state index is 6.83. The zero-order valence-electron chi connectivity index (χ0n) is 24.2. The smallest absolute Gasteiger partial charge is 0.257 e. The molecule has 0 atom stereocenters. The molecule has 1 aliphatic heterocycles. The van der Waals surface area contributed by atoms with Gasteiger partial charge in [-0.05, 0) is 47.9 Å². The van der Waals surface area contributed by atoms with Crippen molar-refractivity contribution in [3.63, 3.8) is 0 Å². The minimum Gasteiger partial charge on any atom is -0.449 e. The van der Waals surface area contributed by atoms with Crippen LogP contribution in [0.25, 0.3) is 33.4 Å². The van der Waals surface area contributed by atoms with Gasteiger partial charge in [0.25, 0.3) is 5.69 Å². The highest BCUT2D eigenvalue weighted by molar-refractivity contribution is 6.05. The summed E-state index contributed by atoms with van der Waals surface area (Å²) in [5.41, 5.74) is 6.57. The summed E-state index contributed by atoms with van der Waals surface area (Å²) in [7, 11) is 2.08. The second-order valence-corrected chi connectivity index (χ2v) is 12.9. The Hall–Kier alpha value is -3.34. The zero-order valence-corrected chi connectivity index (χ0v) is 24.2. The molecule has 0 fully saturated rings. The molecule has 2 aromatic heterocycles. The van der Waals surface area contributed by atoms with Crippen LogP contribution >= 0.6 is 0 Å². The van der Waals surface area contributed by atoms with Gasteiger partial charge in [0, 0.05) is 22.3 Å². The average Bonchev–Trinajstić information content (AvgIpc) is 2.80. The molecular weight excluding hydrogens is 456 g/mol. The highest BCUT2D eigenvalue weighted by Crippen LogP contribution is 2.51. The van der Waals surface area contributed by atoms with Gasteiger partial charge in [-0.15, -0.1) is 0 Å². The van der Waals surface area contributed by atoms with E-state index in [0.29, 0.717) is 11.7 Å². The summed E-state index contributed by atoms with van der Waals surface area (Å²) in [6.45, 7) is 21.7. The third kappa shape index (κ3) is 4.18. The second-order valence-electron chi connectivity index (χ2n) is 12.9. The molecule has 5 heteroatoms. The first-order valence-corrected chi connectivity index (χ1v) is 13.2. The molecule has 192 valence electrons. The van der Waals surface area contributed by atoms with Crippen LogP contribution in [0.15, 0.2) is 30.5 Å². The predicted molar refractivity (Wildman–Crippen MR) is 150 cm³/mol. The average molecular weight is 496 g/mol. The van der Waals surface area contributed by atoms with Crippen LogP contribution in [0.3, 0.4) is 0 Å². The number of aryl methyl sites for hydroxylation is 2. The van der Waals surface area contributed by atoms with Crippen LogP contribution in [0.1, 0.15) is 89.6 Å². The van der Waals surface area contributed by atoms with Crippen molar-refractivity contribution in [2.24, 2.45) is 7.05 Å². The van der Waals surface area contributed by atoms with Crippen molar-refractivity contribution < 1.29 is 9.30 Å². The Balaban J connectivity index is 1.87. The van der Waals surface area contributed by atoms with Crippen LogP contribution in [0.2, 0.25) is 0 Å². The molecule has 0 radical (unpaired) electrons. The Morgan fingerprint density at radius 2 is 1.49 bits per heavy atom. The minimum atomic E-state index is -0.212. The lowest BCUT2D eigenvalue weighted by molar-refractivity contribution is -0.660. The van der Waals surface area contributed by atoms with Crippen LogP contribution in [0, 0.1) is 13.8 Å². The molecule has 0 spiro atoms. The molecule has 0 unspecified atom stereocenters. The van der Waals surface area contributed by atoms with Crippen molar-refractivity contribution >= 4 is 10.8 Å². The Morgan fingerprint density at radius 1 is 0.865 bits per heavy atom. The summed E-state index contributed by atoms with van der Waals surface area (Å²) in [6.07, 6.45) is 2.09. The molecule has 0 bridgehead atoms. The lowest BCUT2D eigenvalue weighted by Crippen LogP contribution is -2.32. The minimum absolute atomic E-state index is 0.212. The quantitative estimate of drug-likeness (QED) is 0.236. The molecule has 1 aliphatic rings. The number of hydrogen-bond donors (Lipinski definition) is 0. The fourth-order valence-corrected chi connectivity index (χ4v) is 4.95. The van der Waals surface area contributed by atoms with E-state index in [-0.39, 0.29) is 10.8 Å². The summed E-state index contributed by atoms with van der Waals surface area (Å²) in [5, 5.41) is 2.40. The van der Waals surface area contributed by atoms with E-state index in [9.17, 15) is 0 Å². The zero-order chi connectivity index (χ0) is 27.0. The number of nitrogens with zero attached hydrogens (tertiary/aromatic N) is 4. The summed E-state index contributed by atoms with van der Waals surface area (Å²) in [6, 6.07) is 8.89. The Labute approximate surface area is 221 Å². The maximum atomic E-state index is 6.83. The van der Waals surface area contributed by atoms with Crippen LogP contribution in [0.4, 0.5) is 0 Å². The summed E-state index contributed by atoms with van der Waals surface area (Å²) in [5.74, 6) is 4.34. The number of ether oxygens (including phenoxy) is 1. The van der Waals surface area contributed by atoms with E-state index in [1.165, 1.54) is 33.0 Å². The fourth-order valence-electron chi connectivity index (χ4n) is 4.95. The first kappa shape index (κ1) is 25.3. The molecule has 5 nitrogen and oxygen atoms in total. The van der Waals surface area contributed by atoms with Crippen molar-refractivity contribution in [1.82, 2.24) is 15.0 Å². The molecule has 0 aliphatic carbocycles. The number of fused-ring (bicyclic) bond motifs is 2. The van der Waals surface area contributed by atoms with E-state index in [1.54, 1.807) is 0 Å². The monoisotopic (exact) mass is 495 g/mol. The predicted octanol–water partition coefficient (Wildman–Crippen LogP) is 7.62. The van der Waals surface area contributed by atoms with E-state index < -0.39 is 0 Å². The van der Waals surface area contributed by atoms with Crippen molar-refractivity contribution in [3.8, 4) is 34.1 Å². The Bertz CT molecular complexity index is 1540. The van der Waals surface area contributed by atoms with Crippen LogP contribution in [-0.2, 0) is 17.9 Å². The normalized spacial score (nSPS) is 13.2. The maximum Gasteiger partial charge on any atom is 0.257 e. The molecule has 0 amide bonds. The number of benzene rings is 2. The van der Waals surface area contributed by atoms with Gasteiger partial charge >= 0.3 is 0 Å². The Morgan fingerprint density at radius 3 is 2.05 bits per heavy atom. The molecular formula is C32H39N4O+. The molecule has 2 aromatic carbocycles. The number of pyridine rings is 1. The molecule has 0 N–H and O–H groups in total. The second kappa shape index (κ2) is 8.34. The van der Waals surface area contributed by atoms with Crippen molar-refractivity contribution in [2.45, 2.75) is 86.0 Å². The van der Waals surface area contributed by atoms with Gasteiger partial charge in [-0.3, -0.25) is 0 Å². The van der Waals surface area contributed by atoms with Gasteiger partial charge in [0.15, 0.2) is 12.0 Å². The van der Waals surface area contributed by atoms with Gasteiger partial charge in [-0.1, -0.05) is 67.5 Å². The molecule has 0 saturated heterocycles. The third-order valence-electron chi connectivity index (χ3n) is 7.35. The molecule has 5 rings (SSSR count). The van der Waals surface area contributed by atoms with Crippen LogP contribution in [-0.4, -0.2) is 15.0 Å². The van der Waals surface area contributed by atoms with E-state index in [4.69, 9.17) is 19.7 Å². The number of rotatable bonds is 2. The van der Waals surface area contributed by atoms with Crippen molar-refractivity contribution in [2.75, 3.05) is 0 Å². The summed E-state index contributed by atoms with van der Waals surface area (Å²) >= 11 is 0. The molecule has 0 saturated carbocycles. The first-order valence-electron chi connectivity index (χ1n) is 13.2. The van der Waals surface area contributed by atoms with Crippen LogP contribution in [0.5, 0.6) is 11.5 Å². The molecule has 3 heterocycles. The van der Waals surface area contributed by atoms with Crippen LogP contribution < -0.4 is 9.30 Å². The summed E-state index contributed by atoms with van der Waals surface area (Å²) < 4.78 is 8.99. The molecule has 37 heavy (non-hydrogen) atoms. The topological polar surface area (TPSA) is 51.8 Å². The van der Waals surface area contributed by atoms with Gasteiger partial charge in [-0.25, -0.2) is 15.0 Å². The van der Waals surface area contributed by atoms with Gasteiger partial charge in [0.05, 0.1) is 11.1 Å². The van der Waals surface area contributed by atoms with Crippen molar-refractivity contribution in [1.29, 1.82) is 0 Å². The third-order valence-corrected chi connectivity index (χ3v) is 7.35. The number of aromatic nitrogens is 4. The standard InChI is InChI=1S/C32H39N4O/c1-17(2)20-15-21-14-18(3)19(4)24-25(21)23(16-20)37-27-22(12-13-36(11)26(24)27)28-33-29(31(5,6)7)35-30(34-28)32(8,9)10/h12-17H,1-11H3/q+1. The van der Waals surface area contributed by atoms with E-state index in [1.807, 2.05) is 0 Å². The lowest BCUT2D eigenvalue weighted by Gasteiger charge is -2.25. The fraction of sp³-hybridized carbons (Fsp3) is 0.438. The van der Waals surface area contributed by atoms with E-state index >= 15 is 0 Å². The Kier molecular flexibility index (Phi) is 5.70. The van der Waals surface area contributed by atoms with Gasteiger partial charge < -0.3 is 4.74 Å². The number of hydrogen-bond acceptors (Lipinski definition) is 4. The molecule has 4 aromatic rings. The van der Waals surface area contributed by atoms with Crippen molar-refractivity contribution in [3.05, 3.63) is 58.8 Å². The van der Waals surface area contributed by atoms with E-state index in [0.717, 1.165) is 34.4 Å². The summed E-state index contributed by atoms with van der Waals surface area (Å²) in [4.78, 5) is 14.9. The SMILES string of the molecule is Cc1cc2cc(C(C)C)cc3c2c(c1C)-c1c(c(-c2nc(C(C)(C)C)nc(C(C)(C)C)n2)cc[n+]1C)O3. The highest BCUT2D eigenvalue weighted by atomic mass is 16.5. The van der Waals surface area contributed by atoms with Gasteiger partial charge in [-0.2, -0.15) is 4.57 Å². The first-order chi connectivity index (χ1) is 17.2. The van der Waals surface area contributed by atoms with Gasteiger partial charge in [0.2, 0.25) is 5.75 Å². The van der Waals surface area contributed by atoms with E-state index in [2.05, 4.69) is 111 Å². The lowest BCUT2D eigenvalue weighted by atomic mass is 9.87. The largest absolute Gasteiger partial charge is 0.449 e.